The van der Waals surface area contributed by atoms with Crippen molar-refractivity contribution in [3.63, 3.8) is 0 Å². The minimum atomic E-state index is 0. The van der Waals surface area contributed by atoms with Gasteiger partial charge in [0, 0.05) is 56.7 Å². The van der Waals surface area contributed by atoms with Crippen molar-refractivity contribution in [2.24, 2.45) is 0 Å². The molecule has 6 aromatic heterocycles. The van der Waals surface area contributed by atoms with Gasteiger partial charge in [-0.2, -0.15) is 0 Å². The van der Waals surface area contributed by atoms with Crippen molar-refractivity contribution < 1.29 is 19.5 Å². The number of aryl methyl sites for hydroxylation is 3. The van der Waals surface area contributed by atoms with E-state index in [1.807, 2.05) is 91.4 Å². The smallest absolute Gasteiger partial charge is 0.0917 e. The third kappa shape index (κ3) is 8.76. The Kier molecular flexibility index (Phi) is 12.5. The molecule has 218 valence electrons. The predicted molar refractivity (Wildman–Crippen MR) is 171 cm³/mol. The first-order chi connectivity index (χ1) is 20.4. The van der Waals surface area contributed by atoms with Crippen LogP contribution in [0, 0.1) is 41.5 Å². The molecule has 0 bridgehead atoms. The van der Waals surface area contributed by atoms with Gasteiger partial charge in [0.15, 0.2) is 0 Å². The summed E-state index contributed by atoms with van der Waals surface area (Å²) in [5, 5.41) is 0. The SMILES string of the molecule is Cc1ccnc(-c2ccccn2)c1C.Cc1ccnc(-c2ccccn2)c1C.Cc1ccnc(-c2ccccn2)c1C.[Ru]. The van der Waals surface area contributed by atoms with E-state index in [0.717, 1.165) is 34.2 Å². The molecule has 0 amide bonds. The van der Waals surface area contributed by atoms with E-state index >= 15 is 0 Å². The Labute approximate surface area is 267 Å². The van der Waals surface area contributed by atoms with Crippen molar-refractivity contribution in [3.8, 4) is 34.2 Å². The summed E-state index contributed by atoms with van der Waals surface area (Å²) in [6.07, 6.45) is 10.8. The van der Waals surface area contributed by atoms with Gasteiger partial charge in [0.05, 0.1) is 34.2 Å². The van der Waals surface area contributed by atoms with E-state index in [4.69, 9.17) is 0 Å². The van der Waals surface area contributed by atoms with Gasteiger partial charge in [-0.3, -0.25) is 29.9 Å². The molecule has 0 radical (unpaired) electrons. The zero-order valence-corrected chi connectivity index (χ0v) is 27.2. The average molecular weight is 654 g/mol. The summed E-state index contributed by atoms with van der Waals surface area (Å²) < 4.78 is 0. The van der Waals surface area contributed by atoms with Gasteiger partial charge in [-0.15, -0.1) is 0 Å². The van der Waals surface area contributed by atoms with Crippen LogP contribution in [-0.4, -0.2) is 29.9 Å². The van der Waals surface area contributed by atoms with E-state index in [1.165, 1.54) is 33.4 Å². The standard InChI is InChI=1S/3C12H12N2.Ru/c3*1-9-6-8-14-12(10(9)2)11-5-3-4-7-13-11;/h3*3-8H,1-2H3;. The maximum atomic E-state index is 4.35. The molecule has 0 N–H and O–H groups in total. The van der Waals surface area contributed by atoms with Gasteiger partial charge in [-0.25, -0.2) is 0 Å². The molecule has 6 rings (SSSR count). The second-order valence-electron chi connectivity index (χ2n) is 9.95. The Morgan fingerprint density at radius 2 is 0.605 bits per heavy atom. The van der Waals surface area contributed by atoms with E-state index < -0.39 is 0 Å². The molecule has 0 aromatic carbocycles. The number of pyridine rings is 6. The molecule has 43 heavy (non-hydrogen) atoms. The second-order valence-corrected chi connectivity index (χ2v) is 9.95. The van der Waals surface area contributed by atoms with Crippen molar-refractivity contribution in [1.29, 1.82) is 0 Å². The Morgan fingerprint density at radius 3 is 0.837 bits per heavy atom. The van der Waals surface area contributed by atoms with Gasteiger partial charge in [-0.1, -0.05) is 18.2 Å². The van der Waals surface area contributed by atoms with Crippen LogP contribution in [-0.2, 0) is 19.5 Å². The molecular formula is C36H36N6Ru. The van der Waals surface area contributed by atoms with Crippen molar-refractivity contribution in [1.82, 2.24) is 29.9 Å². The van der Waals surface area contributed by atoms with Crippen LogP contribution in [0.5, 0.6) is 0 Å². The number of rotatable bonds is 3. The number of nitrogens with zero attached hydrogens (tertiary/aromatic N) is 6. The number of hydrogen-bond acceptors (Lipinski definition) is 6. The van der Waals surface area contributed by atoms with E-state index in [0.29, 0.717) is 0 Å². The van der Waals surface area contributed by atoms with E-state index in [2.05, 4.69) is 71.4 Å². The minimum absolute atomic E-state index is 0. The summed E-state index contributed by atoms with van der Waals surface area (Å²) in [4.78, 5) is 25.9. The minimum Gasteiger partial charge on any atom is -0.255 e. The maximum Gasteiger partial charge on any atom is 0.0917 e. The van der Waals surface area contributed by atoms with Crippen molar-refractivity contribution in [3.05, 3.63) is 143 Å². The van der Waals surface area contributed by atoms with Crippen LogP contribution in [0.15, 0.2) is 110 Å². The van der Waals surface area contributed by atoms with Crippen LogP contribution < -0.4 is 0 Å². The first kappa shape index (κ1) is 33.0. The van der Waals surface area contributed by atoms with Crippen LogP contribution in [0.3, 0.4) is 0 Å². The first-order valence-electron chi connectivity index (χ1n) is 13.9. The summed E-state index contributed by atoms with van der Waals surface area (Å²) in [6, 6.07) is 23.7. The molecule has 0 aliphatic carbocycles. The zero-order valence-electron chi connectivity index (χ0n) is 25.4. The molecule has 0 fully saturated rings. The molecule has 0 spiro atoms. The molecule has 0 aliphatic rings. The van der Waals surface area contributed by atoms with Crippen molar-refractivity contribution in [2.45, 2.75) is 41.5 Å². The summed E-state index contributed by atoms with van der Waals surface area (Å²) in [5.74, 6) is 0. The fraction of sp³-hybridized carbons (Fsp3) is 0.167. The predicted octanol–water partition coefficient (Wildman–Crippen LogP) is 8.28. The molecule has 0 atom stereocenters. The van der Waals surface area contributed by atoms with Crippen LogP contribution >= 0.6 is 0 Å². The molecule has 0 unspecified atom stereocenters. The van der Waals surface area contributed by atoms with Gasteiger partial charge >= 0.3 is 0 Å². The fourth-order valence-electron chi connectivity index (χ4n) is 4.18. The van der Waals surface area contributed by atoms with Crippen LogP contribution in [0.25, 0.3) is 34.2 Å². The third-order valence-electron chi connectivity index (χ3n) is 7.15. The van der Waals surface area contributed by atoms with Gasteiger partial charge in [0.25, 0.3) is 0 Å². The number of hydrogen-bond donors (Lipinski definition) is 0. The van der Waals surface area contributed by atoms with E-state index in [-0.39, 0.29) is 19.5 Å². The van der Waals surface area contributed by atoms with Gasteiger partial charge in [0.1, 0.15) is 0 Å². The van der Waals surface area contributed by atoms with E-state index in [9.17, 15) is 0 Å². The van der Waals surface area contributed by atoms with Gasteiger partial charge < -0.3 is 0 Å². The summed E-state index contributed by atoms with van der Waals surface area (Å²) in [7, 11) is 0. The van der Waals surface area contributed by atoms with Crippen LogP contribution in [0.1, 0.15) is 33.4 Å². The van der Waals surface area contributed by atoms with Gasteiger partial charge in [0.2, 0.25) is 0 Å². The summed E-state index contributed by atoms with van der Waals surface area (Å²) in [5.41, 5.74) is 13.1. The topological polar surface area (TPSA) is 77.3 Å². The second kappa shape index (κ2) is 16.2. The molecule has 6 aromatic rings. The quantitative estimate of drug-likeness (QED) is 0.179. The Morgan fingerprint density at radius 1 is 0.326 bits per heavy atom. The zero-order chi connectivity index (χ0) is 29.9. The molecular weight excluding hydrogens is 618 g/mol. The molecule has 0 saturated carbocycles. The normalized spacial score (nSPS) is 9.91. The molecule has 7 heteroatoms. The van der Waals surface area contributed by atoms with E-state index in [1.54, 1.807) is 18.6 Å². The third-order valence-corrected chi connectivity index (χ3v) is 7.15. The Balaban J connectivity index is 0.000000175. The molecule has 0 saturated heterocycles. The van der Waals surface area contributed by atoms with Crippen molar-refractivity contribution >= 4 is 0 Å². The summed E-state index contributed by atoms with van der Waals surface area (Å²) >= 11 is 0. The largest absolute Gasteiger partial charge is 0.255 e. The van der Waals surface area contributed by atoms with Crippen LogP contribution in [0.2, 0.25) is 0 Å². The first-order valence-corrected chi connectivity index (χ1v) is 13.9. The monoisotopic (exact) mass is 654 g/mol. The van der Waals surface area contributed by atoms with Crippen molar-refractivity contribution in [2.75, 3.05) is 0 Å². The molecule has 0 aliphatic heterocycles. The Bertz CT molecular complexity index is 1520. The molecule has 6 heterocycles. The fourth-order valence-corrected chi connectivity index (χ4v) is 4.18. The Hall–Kier alpha value is -4.48. The average Bonchev–Trinajstić information content (AvgIpc) is 3.03. The van der Waals surface area contributed by atoms with Crippen LogP contribution in [0.4, 0.5) is 0 Å². The molecule has 6 nitrogen and oxygen atoms in total. The summed E-state index contributed by atoms with van der Waals surface area (Å²) in [6.45, 7) is 12.5. The van der Waals surface area contributed by atoms with Gasteiger partial charge in [-0.05, 0) is 130 Å². The maximum absolute atomic E-state index is 4.35. The number of aromatic nitrogens is 6.